The Morgan fingerprint density at radius 1 is 1.62 bits per heavy atom. The zero-order chi connectivity index (χ0) is 9.68. The summed E-state index contributed by atoms with van der Waals surface area (Å²) in [5, 5.41) is 0. The van der Waals surface area contributed by atoms with Crippen molar-refractivity contribution in [3.05, 3.63) is 18.2 Å². The zero-order valence-electron chi connectivity index (χ0n) is 8.40. The van der Waals surface area contributed by atoms with Crippen LogP contribution < -0.4 is 5.73 Å². The van der Waals surface area contributed by atoms with Gasteiger partial charge in [0.2, 0.25) is 0 Å². The monoisotopic (exact) mass is 182 g/mol. The normalized spacial score (nSPS) is 11.1. The lowest BCUT2D eigenvalue weighted by molar-refractivity contribution is 0.282. The lowest BCUT2D eigenvalue weighted by Gasteiger charge is -2.19. The quantitative estimate of drug-likeness (QED) is 0.707. The van der Waals surface area contributed by atoms with Gasteiger partial charge >= 0.3 is 0 Å². The fraction of sp³-hybridized carbons (Fsp3) is 0.667. The zero-order valence-corrected chi connectivity index (χ0v) is 8.40. The van der Waals surface area contributed by atoms with Gasteiger partial charge in [-0.25, -0.2) is 4.98 Å². The number of rotatable bonds is 5. The molecular weight excluding hydrogens is 164 g/mol. The van der Waals surface area contributed by atoms with Gasteiger partial charge in [0, 0.05) is 32.9 Å². The molecule has 0 bridgehead atoms. The van der Waals surface area contributed by atoms with E-state index in [4.69, 9.17) is 5.73 Å². The number of nitrogens with zero attached hydrogens (tertiary/aromatic N) is 3. The summed E-state index contributed by atoms with van der Waals surface area (Å²) in [4.78, 5) is 6.38. The van der Waals surface area contributed by atoms with Crippen LogP contribution in [0.4, 0.5) is 0 Å². The highest BCUT2D eigenvalue weighted by molar-refractivity contribution is 4.97. The first-order valence-corrected chi connectivity index (χ1v) is 4.65. The van der Waals surface area contributed by atoms with Crippen molar-refractivity contribution < 1.29 is 0 Å². The number of nitrogens with two attached hydrogens (primary N) is 1. The van der Waals surface area contributed by atoms with Gasteiger partial charge in [-0.15, -0.1) is 0 Å². The first kappa shape index (κ1) is 10.2. The molecule has 0 fully saturated rings. The van der Waals surface area contributed by atoms with E-state index in [9.17, 15) is 0 Å². The van der Waals surface area contributed by atoms with Crippen LogP contribution in [0.5, 0.6) is 0 Å². The molecule has 0 atom stereocenters. The van der Waals surface area contributed by atoms with Gasteiger partial charge in [0.05, 0.1) is 12.0 Å². The van der Waals surface area contributed by atoms with Gasteiger partial charge in [-0.05, 0) is 6.54 Å². The molecule has 0 spiro atoms. The molecule has 2 N–H and O–H groups in total. The predicted octanol–water partition coefficient (Wildman–Crippen LogP) is 0.201. The molecule has 1 aromatic rings. The average Bonchev–Trinajstić information content (AvgIpc) is 2.51. The van der Waals surface area contributed by atoms with Gasteiger partial charge in [-0.1, -0.05) is 6.92 Å². The van der Waals surface area contributed by atoms with Gasteiger partial charge in [0.25, 0.3) is 0 Å². The van der Waals surface area contributed by atoms with E-state index in [-0.39, 0.29) is 0 Å². The number of aryl methyl sites for hydroxylation is 1. The van der Waals surface area contributed by atoms with Crippen molar-refractivity contribution in [3.8, 4) is 0 Å². The number of likely N-dealkylation sites (N-methyl/N-ethyl adjacent to an activating group) is 1. The fourth-order valence-corrected chi connectivity index (χ4v) is 1.30. The summed E-state index contributed by atoms with van der Waals surface area (Å²) in [6, 6.07) is 0. The lowest BCUT2D eigenvalue weighted by atomic mass is 10.4. The maximum atomic E-state index is 5.51. The molecule has 0 aliphatic heterocycles. The SMILES string of the molecule is CCN(CCN)Cc1cncn1C. The lowest BCUT2D eigenvalue weighted by Crippen LogP contribution is -2.29. The van der Waals surface area contributed by atoms with E-state index < -0.39 is 0 Å². The molecule has 0 saturated carbocycles. The Kier molecular flexibility index (Phi) is 3.92. The van der Waals surface area contributed by atoms with Crippen molar-refractivity contribution in [2.24, 2.45) is 12.8 Å². The third-order valence-electron chi connectivity index (χ3n) is 2.19. The smallest absolute Gasteiger partial charge is 0.0945 e. The Morgan fingerprint density at radius 2 is 2.38 bits per heavy atom. The topological polar surface area (TPSA) is 47.1 Å². The minimum atomic E-state index is 0.714. The van der Waals surface area contributed by atoms with Crippen LogP contribution in [0.2, 0.25) is 0 Å². The largest absolute Gasteiger partial charge is 0.337 e. The number of hydrogen-bond acceptors (Lipinski definition) is 3. The molecule has 1 rings (SSSR count). The maximum absolute atomic E-state index is 5.51. The summed E-state index contributed by atoms with van der Waals surface area (Å²) in [5.41, 5.74) is 6.74. The number of hydrogen-bond donors (Lipinski definition) is 1. The second kappa shape index (κ2) is 4.99. The highest BCUT2D eigenvalue weighted by Crippen LogP contribution is 2.01. The standard InChI is InChI=1S/C9H18N4/c1-3-13(5-4-10)7-9-6-11-8-12(9)2/h6,8H,3-5,7,10H2,1-2H3. The van der Waals surface area contributed by atoms with E-state index in [0.29, 0.717) is 6.54 Å². The van der Waals surface area contributed by atoms with Gasteiger partial charge in [0.1, 0.15) is 0 Å². The molecule has 0 unspecified atom stereocenters. The summed E-state index contributed by atoms with van der Waals surface area (Å²) < 4.78 is 2.04. The summed E-state index contributed by atoms with van der Waals surface area (Å²) in [6.45, 7) is 5.77. The Hall–Kier alpha value is -0.870. The van der Waals surface area contributed by atoms with Crippen LogP contribution in [-0.2, 0) is 13.6 Å². The molecular formula is C9H18N4. The van der Waals surface area contributed by atoms with E-state index in [1.165, 1.54) is 5.69 Å². The molecule has 0 aliphatic rings. The highest BCUT2D eigenvalue weighted by atomic mass is 15.2. The molecule has 0 aliphatic carbocycles. The van der Waals surface area contributed by atoms with E-state index in [1.54, 1.807) is 0 Å². The molecule has 1 aromatic heterocycles. The van der Waals surface area contributed by atoms with Gasteiger partial charge in [0.15, 0.2) is 0 Å². The van der Waals surface area contributed by atoms with Crippen LogP contribution in [0, 0.1) is 0 Å². The molecule has 0 aromatic carbocycles. The van der Waals surface area contributed by atoms with Crippen molar-refractivity contribution >= 4 is 0 Å². The van der Waals surface area contributed by atoms with Crippen molar-refractivity contribution in [2.45, 2.75) is 13.5 Å². The Labute approximate surface area is 79.4 Å². The first-order chi connectivity index (χ1) is 6.27. The molecule has 13 heavy (non-hydrogen) atoms. The van der Waals surface area contributed by atoms with Crippen molar-refractivity contribution in [1.29, 1.82) is 0 Å². The van der Waals surface area contributed by atoms with Crippen molar-refractivity contribution in [3.63, 3.8) is 0 Å². The van der Waals surface area contributed by atoms with E-state index in [0.717, 1.165) is 19.6 Å². The van der Waals surface area contributed by atoms with Crippen molar-refractivity contribution in [2.75, 3.05) is 19.6 Å². The summed E-state index contributed by atoms with van der Waals surface area (Å²) >= 11 is 0. The third-order valence-corrected chi connectivity index (χ3v) is 2.19. The van der Waals surface area contributed by atoms with Gasteiger partial charge in [-0.2, -0.15) is 0 Å². The van der Waals surface area contributed by atoms with E-state index in [1.807, 2.05) is 24.1 Å². The second-order valence-corrected chi connectivity index (χ2v) is 3.15. The van der Waals surface area contributed by atoms with E-state index in [2.05, 4.69) is 16.8 Å². The number of aromatic nitrogens is 2. The number of imidazole rings is 1. The molecule has 0 radical (unpaired) electrons. The van der Waals surface area contributed by atoms with Crippen LogP contribution in [-0.4, -0.2) is 34.1 Å². The van der Waals surface area contributed by atoms with Crippen LogP contribution in [0.25, 0.3) is 0 Å². The summed E-state index contributed by atoms with van der Waals surface area (Å²) in [7, 11) is 2.01. The molecule has 0 amide bonds. The van der Waals surface area contributed by atoms with Gasteiger partial charge in [-0.3, -0.25) is 4.90 Å². The maximum Gasteiger partial charge on any atom is 0.0945 e. The third kappa shape index (κ3) is 2.82. The van der Waals surface area contributed by atoms with Gasteiger partial charge < -0.3 is 10.3 Å². The average molecular weight is 182 g/mol. The molecule has 0 saturated heterocycles. The predicted molar refractivity (Wildman–Crippen MR) is 53.2 cm³/mol. The van der Waals surface area contributed by atoms with Crippen LogP contribution in [0.1, 0.15) is 12.6 Å². The fourth-order valence-electron chi connectivity index (χ4n) is 1.30. The van der Waals surface area contributed by atoms with Crippen LogP contribution in [0.3, 0.4) is 0 Å². The Balaban J connectivity index is 2.51. The molecule has 4 nitrogen and oxygen atoms in total. The first-order valence-electron chi connectivity index (χ1n) is 4.65. The summed E-state index contributed by atoms with van der Waals surface area (Å²) in [5.74, 6) is 0. The summed E-state index contributed by atoms with van der Waals surface area (Å²) in [6.07, 6.45) is 3.73. The second-order valence-electron chi connectivity index (χ2n) is 3.15. The minimum Gasteiger partial charge on any atom is -0.337 e. The Bertz CT molecular complexity index is 244. The Morgan fingerprint density at radius 3 is 2.85 bits per heavy atom. The van der Waals surface area contributed by atoms with E-state index >= 15 is 0 Å². The molecule has 1 heterocycles. The molecule has 74 valence electrons. The highest BCUT2D eigenvalue weighted by Gasteiger charge is 2.04. The van der Waals surface area contributed by atoms with Crippen LogP contribution in [0.15, 0.2) is 12.5 Å². The minimum absolute atomic E-state index is 0.714. The van der Waals surface area contributed by atoms with Crippen LogP contribution >= 0.6 is 0 Å². The van der Waals surface area contributed by atoms with Crippen molar-refractivity contribution in [1.82, 2.24) is 14.5 Å². The molecule has 4 heteroatoms.